The van der Waals surface area contributed by atoms with Gasteiger partial charge in [0.2, 0.25) is 0 Å². The van der Waals surface area contributed by atoms with Crippen LogP contribution in [0, 0.1) is 6.92 Å². The Labute approximate surface area is 80.4 Å². The summed E-state index contributed by atoms with van der Waals surface area (Å²) in [4.78, 5) is 2.32. The van der Waals surface area contributed by atoms with E-state index in [0.717, 1.165) is 0 Å². The van der Waals surface area contributed by atoms with Gasteiger partial charge in [0.1, 0.15) is 0 Å². The van der Waals surface area contributed by atoms with Crippen LogP contribution in [0.25, 0.3) is 0 Å². The van der Waals surface area contributed by atoms with E-state index in [0.29, 0.717) is 6.04 Å². The van der Waals surface area contributed by atoms with Gasteiger partial charge in [0, 0.05) is 6.04 Å². The molecule has 0 saturated carbocycles. The molecule has 0 saturated heterocycles. The van der Waals surface area contributed by atoms with Gasteiger partial charge < -0.3 is 4.90 Å². The van der Waals surface area contributed by atoms with Crippen molar-refractivity contribution in [2.45, 2.75) is 25.8 Å². The zero-order valence-electron chi connectivity index (χ0n) is 8.67. The minimum Gasteiger partial charge on any atom is -0.302 e. The molecule has 0 bridgehead atoms. The van der Waals surface area contributed by atoms with Crippen LogP contribution in [0.1, 0.15) is 29.2 Å². The lowest BCUT2D eigenvalue weighted by molar-refractivity contribution is 0.299. The fourth-order valence-corrected chi connectivity index (χ4v) is 2.24. The van der Waals surface area contributed by atoms with E-state index in [9.17, 15) is 0 Å². The first-order valence-corrected chi connectivity index (χ1v) is 4.94. The summed E-state index contributed by atoms with van der Waals surface area (Å²) < 4.78 is 0. The van der Waals surface area contributed by atoms with Crippen molar-refractivity contribution in [2.24, 2.45) is 0 Å². The first-order valence-electron chi connectivity index (χ1n) is 4.94. The number of nitrogens with zero attached hydrogens (tertiary/aromatic N) is 1. The number of hydrogen-bond acceptors (Lipinski definition) is 1. The maximum absolute atomic E-state index is 2.34. The number of benzene rings is 1. The van der Waals surface area contributed by atoms with Crippen LogP contribution < -0.4 is 0 Å². The Hall–Kier alpha value is -0.820. The zero-order chi connectivity index (χ0) is 9.42. The molecule has 0 spiro atoms. The van der Waals surface area contributed by atoms with Crippen molar-refractivity contribution in [1.82, 2.24) is 4.90 Å². The first-order chi connectivity index (χ1) is 6.18. The summed E-state index contributed by atoms with van der Waals surface area (Å²) >= 11 is 0. The van der Waals surface area contributed by atoms with E-state index in [1.54, 1.807) is 11.1 Å². The Morgan fingerprint density at radius 3 is 2.77 bits per heavy atom. The standard InChI is InChI=1S/C12H17N/c1-9-4-5-10-6-7-12(13(2)3)11(10)8-9/h4-5,8,12H,6-7H2,1-3H3. The summed E-state index contributed by atoms with van der Waals surface area (Å²) in [5.41, 5.74) is 4.47. The minimum absolute atomic E-state index is 0.648. The van der Waals surface area contributed by atoms with Gasteiger partial charge in [-0.3, -0.25) is 0 Å². The zero-order valence-corrected chi connectivity index (χ0v) is 8.67. The van der Waals surface area contributed by atoms with Crippen molar-refractivity contribution in [1.29, 1.82) is 0 Å². The maximum atomic E-state index is 2.34. The highest BCUT2D eigenvalue weighted by Gasteiger charge is 2.23. The van der Waals surface area contributed by atoms with E-state index < -0.39 is 0 Å². The van der Waals surface area contributed by atoms with Crippen LogP contribution in [0.15, 0.2) is 18.2 Å². The van der Waals surface area contributed by atoms with Crippen LogP contribution in [-0.2, 0) is 6.42 Å². The van der Waals surface area contributed by atoms with Crippen LogP contribution in [0.3, 0.4) is 0 Å². The van der Waals surface area contributed by atoms with Gasteiger partial charge in [0.15, 0.2) is 0 Å². The Balaban J connectivity index is 2.40. The molecule has 1 aromatic carbocycles. The molecular formula is C12H17N. The quantitative estimate of drug-likeness (QED) is 0.634. The molecule has 1 nitrogen and oxygen atoms in total. The summed E-state index contributed by atoms with van der Waals surface area (Å²) in [5, 5.41) is 0. The Morgan fingerprint density at radius 1 is 1.31 bits per heavy atom. The Kier molecular flexibility index (Phi) is 2.12. The van der Waals surface area contributed by atoms with E-state index in [2.05, 4.69) is 44.1 Å². The summed E-state index contributed by atoms with van der Waals surface area (Å²) in [6.07, 6.45) is 2.53. The maximum Gasteiger partial charge on any atom is 0.0348 e. The normalized spacial score (nSPS) is 20.8. The van der Waals surface area contributed by atoms with Crippen molar-refractivity contribution in [2.75, 3.05) is 14.1 Å². The highest BCUT2D eigenvalue weighted by Crippen LogP contribution is 2.34. The molecule has 0 N–H and O–H groups in total. The molecule has 1 aliphatic rings. The monoisotopic (exact) mass is 175 g/mol. The average Bonchev–Trinajstić information content (AvgIpc) is 2.46. The lowest BCUT2D eigenvalue weighted by atomic mass is 10.0. The third-order valence-corrected chi connectivity index (χ3v) is 2.97. The van der Waals surface area contributed by atoms with Gasteiger partial charge in [-0.2, -0.15) is 0 Å². The van der Waals surface area contributed by atoms with Gasteiger partial charge in [-0.05, 0) is 45.0 Å². The summed E-state index contributed by atoms with van der Waals surface area (Å²) in [5.74, 6) is 0. The van der Waals surface area contributed by atoms with Crippen LogP contribution in [0.4, 0.5) is 0 Å². The largest absolute Gasteiger partial charge is 0.302 e. The summed E-state index contributed by atoms with van der Waals surface area (Å²) in [6, 6.07) is 7.49. The van der Waals surface area contributed by atoms with Gasteiger partial charge in [-0.15, -0.1) is 0 Å². The second kappa shape index (κ2) is 3.15. The lowest BCUT2D eigenvalue weighted by Crippen LogP contribution is -2.17. The smallest absolute Gasteiger partial charge is 0.0348 e. The lowest BCUT2D eigenvalue weighted by Gasteiger charge is -2.20. The molecule has 1 atom stereocenters. The minimum atomic E-state index is 0.648. The van der Waals surface area contributed by atoms with Crippen molar-refractivity contribution in [3.63, 3.8) is 0 Å². The molecule has 1 aromatic rings. The molecule has 0 radical (unpaired) electrons. The molecule has 1 unspecified atom stereocenters. The van der Waals surface area contributed by atoms with Crippen molar-refractivity contribution < 1.29 is 0 Å². The van der Waals surface area contributed by atoms with Crippen molar-refractivity contribution in [3.05, 3.63) is 34.9 Å². The van der Waals surface area contributed by atoms with Crippen molar-refractivity contribution >= 4 is 0 Å². The van der Waals surface area contributed by atoms with Crippen LogP contribution in [0.2, 0.25) is 0 Å². The number of aryl methyl sites for hydroxylation is 2. The molecule has 0 fully saturated rings. The molecule has 2 rings (SSSR count). The second-order valence-corrected chi connectivity index (χ2v) is 4.22. The number of hydrogen-bond donors (Lipinski definition) is 0. The van der Waals surface area contributed by atoms with Gasteiger partial charge in [0.25, 0.3) is 0 Å². The fraction of sp³-hybridized carbons (Fsp3) is 0.500. The van der Waals surface area contributed by atoms with E-state index in [1.165, 1.54) is 18.4 Å². The molecule has 0 aliphatic heterocycles. The third kappa shape index (κ3) is 1.49. The first kappa shape index (κ1) is 8.76. The molecular weight excluding hydrogens is 158 g/mol. The molecule has 0 heterocycles. The van der Waals surface area contributed by atoms with Crippen LogP contribution in [-0.4, -0.2) is 19.0 Å². The van der Waals surface area contributed by atoms with E-state index >= 15 is 0 Å². The highest BCUT2D eigenvalue weighted by atomic mass is 15.1. The predicted octanol–water partition coefficient (Wildman–Crippen LogP) is 2.54. The molecule has 70 valence electrons. The Bertz CT molecular complexity index is 315. The molecule has 0 aromatic heterocycles. The number of fused-ring (bicyclic) bond motifs is 1. The molecule has 1 heteroatoms. The molecule has 1 aliphatic carbocycles. The van der Waals surface area contributed by atoms with Gasteiger partial charge in [0.05, 0.1) is 0 Å². The third-order valence-electron chi connectivity index (χ3n) is 2.97. The van der Waals surface area contributed by atoms with E-state index in [1.807, 2.05) is 0 Å². The fourth-order valence-electron chi connectivity index (χ4n) is 2.24. The molecule has 13 heavy (non-hydrogen) atoms. The van der Waals surface area contributed by atoms with Gasteiger partial charge in [-0.1, -0.05) is 23.8 Å². The van der Waals surface area contributed by atoms with E-state index in [-0.39, 0.29) is 0 Å². The predicted molar refractivity (Wildman–Crippen MR) is 55.9 cm³/mol. The molecule has 0 amide bonds. The summed E-state index contributed by atoms with van der Waals surface area (Å²) in [6.45, 7) is 2.17. The SMILES string of the molecule is Cc1ccc2c(c1)C(N(C)C)CC2. The van der Waals surface area contributed by atoms with Crippen LogP contribution >= 0.6 is 0 Å². The number of rotatable bonds is 1. The average molecular weight is 175 g/mol. The second-order valence-electron chi connectivity index (χ2n) is 4.22. The Morgan fingerprint density at radius 2 is 2.08 bits per heavy atom. The summed E-state index contributed by atoms with van der Waals surface area (Å²) in [7, 11) is 4.34. The van der Waals surface area contributed by atoms with Gasteiger partial charge >= 0.3 is 0 Å². The van der Waals surface area contributed by atoms with Crippen molar-refractivity contribution in [3.8, 4) is 0 Å². The topological polar surface area (TPSA) is 3.24 Å². The van der Waals surface area contributed by atoms with Crippen LogP contribution in [0.5, 0.6) is 0 Å². The van der Waals surface area contributed by atoms with E-state index in [4.69, 9.17) is 0 Å². The van der Waals surface area contributed by atoms with Gasteiger partial charge in [-0.25, -0.2) is 0 Å². The highest BCUT2D eigenvalue weighted by molar-refractivity contribution is 5.37.